The van der Waals surface area contributed by atoms with Gasteiger partial charge in [0.25, 0.3) is 0 Å². The van der Waals surface area contributed by atoms with E-state index in [1.54, 1.807) is 0 Å². The van der Waals surface area contributed by atoms with Crippen LogP contribution >= 0.6 is 0 Å². The lowest BCUT2D eigenvalue weighted by atomic mass is 10.3. The van der Waals surface area contributed by atoms with Crippen molar-refractivity contribution >= 4 is 6.09 Å². The van der Waals surface area contributed by atoms with Crippen molar-refractivity contribution in [1.29, 1.82) is 5.26 Å². The van der Waals surface area contributed by atoms with Crippen molar-refractivity contribution in [2.45, 2.75) is 26.3 Å². The number of carbonyl (C=O) groups excluding carboxylic acids is 1. The Kier molecular flexibility index (Phi) is 4.86. The number of nitrogens with zero attached hydrogens (tertiary/aromatic N) is 2. The second-order valence-electron chi connectivity index (χ2n) is 2.67. The maximum atomic E-state index is 11.1. The predicted molar refractivity (Wildman–Crippen MR) is 44.5 cm³/mol. The van der Waals surface area contributed by atoms with Crippen molar-refractivity contribution < 1.29 is 9.53 Å². The lowest BCUT2D eigenvalue weighted by molar-refractivity contribution is 0.112. The zero-order valence-electron chi connectivity index (χ0n) is 7.70. The van der Waals surface area contributed by atoms with Crippen molar-refractivity contribution in [2.24, 2.45) is 0 Å². The third-order valence-corrected chi connectivity index (χ3v) is 1.50. The molecule has 0 aliphatic heterocycles. The van der Waals surface area contributed by atoms with Crippen molar-refractivity contribution in [1.82, 2.24) is 4.90 Å². The molecular formula is C8H14N2O2. The molecule has 0 heterocycles. The maximum Gasteiger partial charge on any atom is 0.409 e. The molecule has 0 saturated heterocycles. The van der Waals surface area contributed by atoms with Crippen molar-refractivity contribution in [2.75, 3.05) is 13.7 Å². The molecule has 1 amide bonds. The summed E-state index contributed by atoms with van der Waals surface area (Å²) in [5.74, 6) is 0. The molecule has 0 saturated carbocycles. The van der Waals surface area contributed by atoms with Crippen LogP contribution in [0.3, 0.4) is 0 Å². The number of rotatable bonds is 3. The Morgan fingerprint density at radius 3 is 2.58 bits per heavy atom. The van der Waals surface area contributed by atoms with Crippen LogP contribution in [-0.4, -0.2) is 30.7 Å². The van der Waals surface area contributed by atoms with Gasteiger partial charge in [-0.05, 0) is 13.8 Å². The summed E-state index contributed by atoms with van der Waals surface area (Å²) in [7, 11) is 1.34. The van der Waals surface area contributed by atoms with E-state index in [0.29, 0.717) is 13.0 Å². The summed E-state index contributed by atoms with van der Waals surface area (Å²) >= 11 is 0. The quantitative estimate of drug-likeness (QED) is 0.642. The summed E-state index contributed by atoms with van der Waals surface area (Å²) in [4.78, 5) is 12.6. The lowest BCUT2D eigenvalue weighted by Gasteiger charge is -2.23. The highest BCUT2D eigenvalue weighted by Crippen LogP contribution is 2.01. The Bertz CT molecular complexity index is 184. The monoisotopic (exact) mass is 170 g/mol. The average Bonchev–Trinajstić information content (AvgIpc) is 2.04. The predicted octanol–water partition coefficient (Wildman–Crippen LogP) is 1.38. The first-order chi connectivity index (χ1) is 5.63. The lowest BCUT2D eigenvalue weighted by Crippen LogP contribution is -2.37. The van der Waals surface area contributed by atoms with E-state index >= 15 is 0 Å². The van der Waals surface area contributed by atoms with Crippen LogP contribution in [-0.2, 0) is 4.74 Å². The molecule has 0 aliphatic rings. The highest BCUT2D eigenvalue weighted by atomic mass is 16.5. The van der Waals surface area contributed by atoms with E-state index in [1.165, 1.54) is 12.0 Å². The molecule has 0 N–H and O–H groups in total. The average molecular weight is 170 g/mol. The van der Waals surface area contributed by atoms with Gasteiger partial charge in [0.05, 0.1) is 19.6 Å². The fourth-order valence-corrected chi connectivity index (χ4v) is 0.848. The summed E-state index contributed by atoms with van der Waals surface area (Å²) in [6, 6.07) is 2.06. The molecule has 4 heteroatoms. The second-order valence-corrected chi connectivity index (χ2v) is 2.67. The molecule has 68 valence electrons. The SMILES string of the molecule is COC(=O)N(CCC#N)C(C)C. The standard InChI is InChI=1S/C8H14N2O2/c1-7(2)10(6-4-5-9)8(11)12-3/h7H,4,6H2,1-3H3. The van der Waals surface area contributed by atoms with Crippen LogP contribution in [0.5, 0.6) is 0 Å². The number of amides is 1. The van der Waals surface area contributed by atoms with E-state index in [4.69, 9.17) is 5.26 Å². The molecule has 12 heavy (non-hydrogen) atoms. The molecule has 0 radical (unpaired) electrons. The number of nitriles is 1. The normalized spacial score (nSPS) is 9.25. The Labute approximate surface area is 72.7 Å². The fourth-order valence-electron chi connectivity index (χ4n) is 0.848. The molecule has 0 aromatic rings. The largest absolute Gasteiger partial charge is 0.453 e. The smallest absolute Gasteiger partial charge is 0.409 e. The molecule has 0 aromatic heterocycles. The Hall–Kier alpha value is -1.24. The van der Waals surface area contributed by atoms with Crippen molar-refractivity contribution in [3.63, 3.8) is 0 Å². The van der Waals surface area contributed by atoms with Gasteiger partial charge in [0.1, 0.15) is 0 Å². The molecule has 0 atom stereocenters. The van der Waals surface area contributed by atoms with Gasteiger partial charge >= 0.3 is 6.09 Å². The molecule has 0 unspecified atom stereocenters. The van der Waals surface area contributed by atoms with Crippen molar-refractivity contribution in [3.8, 4) is 6.07 Å². The molecule has 4 nitrogen and oxygen atoms in total. The molecule has 0 rings (SSSR count). The second kappa shape index (κ2) is 5.42. The van der Waals surface area contributed by atoms with Crippen LogP contribution in [0.2, 0.25) is 0 Å². The number of hydrogen-bond donors (Lipinski definition) is 0. The summed E-state index contributed by atoms with van der Waals surface area (Å²) < 4.78 is 4.55. The first kappa shape index (κ1) is 10.8. The minimum absolute atomic E-state index is 0.0748. The molecule has 0 aliphatic carbocycles. The summed E-state index contributed by atoms with van der Waals surface area (Å²) in [6.07, 6.45) is -0.0342. The molecular weight excluding hydrogens is 156 g/mol. The van der Waals surface area contributed by atoms with Gasteiger partial charge in [0.15, 0.2) is 0 Å². The molecule has 0 bridgehead atoms. The van der Waals surface area contributed by atoms with Crippen molar-refractivity contribution in [3.05, 3.63) is 0 Å². The number of ether oxygens (including phenoxy) is 1. The van der Waals surface area contributed by atoms with E-state index in [-0.39, 0.29) is 12.1 Å². The first-order valence-electron chi connectivity index (χ1n) is 3.85. The number of hydrogen-bond acceptors (Lipinski definition) is 3. The van der Waals surface area contributed by atoms with Gasteiger partial charge in [-0.1, -0.05) is 0 Å². The Morgan fingerprint density at radius 2 is 2.25 bits per heavy atom. The van der Waals surface area contributed by atoms with Crippen LogP contribution in [0, 0.1) is 11.3 Å². The highest BCUT2D eigenvalue weighted by molar-refractivity contribution is 5.67. The van der Waals surface area contributed by atoms with E-state index in [1.807, 2.05) is 19.9 Å². The van der Waals surface area contributed by atoms with Gasteiger partial charge in [-0.2, -0.15) is 5.26 Å². The minimum atomic E-state index is -0.375. The first-order valence-corrected chi connectivity index (χ1v) is 3.85. The fraction of sp³-hybridized carbons (Fsp3) is 0.750. The molecule has 0 spiro atoms. The van der Waals surface area contributed by atoms with Gasteiger partial charge in [0.2, 0.25) is 0 Å². The van der Waals surface area contributed by atoms with Gasteiger partial charge in [-0.3, -0.25) is 0 Å². The van der Waals surface area contributed by atoms with E-state index in [2.05, 4.69) is 4.74 Å². The Balaban J connectivity index is 4.06. The van der Waals surface area contributed by atoms with Crippen LogP contribution in [0.15, 0.2) is 0 Å². The summed E-state index contributed by atoms with van der Waals surface area (Å²) in [5.41, 5.74) is 0. The molecule has 0 fully saturated rings. The van der Waals surface area contributed by atoms with Crippen LogP contribution in [0.4, 0.5) is 4.79 Å². The van der Waals surface area contributed by atoms with E-state index in [9.17, 15) is 4.79 Å². The third kappa shape index (κ3) is 3.24. The minimum Gasteiger partial charge on any atom is -0.453 e. The zero-order valence-corrected chi connectivity index (χ0v) is 7.70. The van der Waals surface area contributed by atoms with Crippen LogP contribution in [0.1, 0.15) is 20.3 Å². The van der Waals surface area contributed by atoms with Gasteiger partial charge in [0, 0.05) is 12.6 Å². The summed E-state index contributed by atoms with van der Waals surface area (Å²) in [6.45, 7) is 4.20. The van der Waals surface area contributed by atoms with E-state index < -0.39 is 0 Å². The topological polar surface area (TPSA) is 53.3 Å². The Morgan fingerprint density at radius 1 is 1.67 bits per heavy atom. The third-order valence-electron chi connectivity index (χ3n) is 1.50. The highest BCUT2D eigenvalue weighted by Gasteiger charge is 2.15. The number of carbonyl (C=O) groups is 1. The molecule has 0 aromatic carbocycles. The maximum absolute atomic E-state index is 11.1. The number of methoxy groups -OCH3 is 1. The van der Waals surface area contributed by atoms with Gasteiger partial charge < -0.3 is 9.64 Å². The summed E-state index contributed by atoms with van der Waals surface area (Å²) in [5, 5.41) is 8.32. The van der Waals surface area contributed by atoms with Gasteiger partial charge in [-0.25, -0.2) is 4.79 Å². The van der Waals surface area contributed by atoms with Crippen LogP contribution in [0.25, 0.3) is 0 Å². The zero-order chi connectivity index (χ0) is 9.56. The van der Waals surface area contributed by atoms with E-state index in [0.717, 1.165) is 0 Å². The van der Waals surface area contributed by atoms with Crippen LogP contribution < -0.4 is 0 Å². The van der Waals surface area contributed by atoms with Gasteiger partial charge in [-0.15, -0.1) is 0 Å².